The highest BCUT2D eigenvalue weighted by Gasteiger charge is 2.21. The van der Waals surface area contributed by atoms with Gasteiger partial charge in [-0.1, -0.05) is 0 Å². The summed E-state index contributed by atoms with van der Waals surface area (Å²) < 4.78 is 0. The van der Waals surface area contributed by atoms with Crippen molar-refractivity contribution in [2.75, 3.05) is 32.7 Å². The van der Waals surface area contributed by atoms with Gasteiger partial charge >= 0.3 is 0 Å². The second kappa shape index (κ2) is 4.07. The lowest BCUT2D eigenvalue weighted by Crippen LogP contribution is -2.50. The maximum atomic E-state index is 11.1. The molecule has 2 rings (SSSR count). The van der Waals surface area contributed by atoms with E-state index in [1.54, 1.807) is 0 Å². The van der Waals surface area contributed by atoms with Gasteiger partial charge in [0.15, 0.2) is 0 Å². The fraction of sp³-hybridized carbons (Fsp3) is 0.889. The van der Waals surface area contributed by atoms with Crippen molar-refractivity contribution in [1.29, 1.82) is 0 Å². The third-order valence-electron chi connectivity index (χ3n) is 2.76. The van der Waals surface area contributed by atoms with Crippen LogP contribution >= 0.6 is 0 Å². The number of rotatable bonds is 2. The molecule has 1 atom stereocenters. The van der Waals surface area contributed by atoms with Crippen LogP contribution in [0.3, 0.4) is 0 Å². The predicted molar refractivity (Wildman–Crippen MR) is 50.5 cm³/mol. The molecule has 4 nitrogen and oxygen atoms in total. The fourth-order valence-electron chi connectivity index (χ4n) is 2.07. The van der Waals surface area contributed by atoms with Crippen LogP contribution in [0.15, 0.2) is 0 Å². The summed E-state index contributed by atoms with van der Waals surface area (Å²) in [5.41, 5.74) is 0. The first-order chi connectivity index (χ1) is 6.34. The molecule has 13 heavy (non-hydrogen) atoms. The Kier molecular flexibility index (Phi) is 2.80. The van der Waals surface area contributed by atoms with Crippen molar-refractivity contribution >= 4 is 5.91 Å². The molecule has 0 radical (unpaired) electrons. The molecule has 0 spiro atoms. The van der Waals surface area contributed by atoms with Gasteiger partial charge in [-0.05, 0) is 19.4 Å². The first-order valence-electron chi connectivity index (χ1n) is 5.07. The minimum Gasteiger partial charge on any atom is -0.354 e. The second-order valence-corrected chi connectivity index (χ2v) is 3.88. The SMILES string of the molecule is O=C1CN(C[C@H]2CCCN2)CCN1. The molecule has 0 unspecified atom stereocenters. The molecule has 0 aromatic rings. The Morgan fingerprint density at radius 1 is 1.46 bits per heavy atom. The molecule has 0 aromatic heterocycles. The number of carbonyl (C=O) groups excluding carboxylic acids is 1. The van der Waals surface area contributed by atoms with Crippen LogP contribution in [-0.2, 0) is 4.79 Å². The van der Waals surface area contributed by atoms with E-state index in [1.165, 1.54) is 12.8 Å². The van der Waals surface area contributed by atoms with Crippen molar-refractivity contribution in [2.45, 2.75) is 18.9 Å². The van der Waals surface area contributed by atoms with E-state index in [0.29, 0.717) is 12.6 Å². The molecule has 0 bridgehead atoms. The minimum absolute atomic E-state index is 0.171. The molecule has 2 heterocycles. The lowest BCUT2D eigenvalue weighted by atomic mass is 10.2. The Morgan fingerprint density at radius 2 is 2.38 bits per heavy atom. The van der Waals surface area contributed by atoms with Gasteiger partial charge in [-0.15, -0.1) is 0 Å². The molecule has 0 aliphatic carbocycles. The molecule has 1 amide bonds. The third kappa shape index (κ3) is 2.42. The van der Waals surface area contributed by atoms with E-state index >= 15 is 0 Å². The zero-order valence-corrected chi connectivity index (χ0v) is 7.88. The molecule has 2 aliphatic rings. The van der Waals surface area contributed by atoms with Gasteiger partial charge in [0.05, 0.1) is 6.54 Å². The van der Waals surface area contributed by atoms with Crippen LogP contribution in [0.2, 0.25) is 0 Å². The van der Waals surface area contributed by atoms with Crippen molar-refractivity contribution in [3.05, 3.63) is 0 Å². The van der Waals surface area contributed by atoms with Crippen LogP contribution in [0.1, 0.15) is 12.8 Å². The first-order valence-corrected chi connectivity index (χ1v) is 5.07. The Labute approximate surface area is 78.7 Å². The van der Waals surface area contributed by atoms with Gasteiger partial charge in [0.1, 0.15) is 0 Å². The summed E-state index contributed by atoms with van der Waals surface area (Å²) in [6.07, 6.45) is 2.54. The van der Waals surface area contributed by atoms with Crippen LogP contribution < -0.4 is 10.6 Å². The van der Waals surface area contributed by atoms with Gasteiger partial charge in [0.25, 0.3) is 0 Å². The van der Waals surface area contributed by atoms with Crippen LogP contribution in [0.4, 0.5) is 0 Å². The monoisotopic (exact) mass is 183 g/mol. The highest BCUT2D eigenvalue weighted by molar-refractivity contribution is 5.78. The Morgan fingerprint density at radius 3 is 3.08 bits per heavy atom. The van der Waals surface area contributed by atoms with Crippen LogP contribution in [0, 0.1) is 0 Å². The number of hydrogen-bond donors (Lipinski definition) is 2. The standard InChI is InChI=1S/C9H17N3O/c13-9-7-12(5-4-11-9)6-8-2-1-3-10-8/h8,10H,1-7H2,(H,11,13)/t8-/m1/s1. The topological polar surface area (TPSA) is 44.4 Å². The lowest BCUT2D eigenvalue weighted by molar-refractivity contribution is -0.124. The highest BCUT2D eigenvalue weighted by atomic mass is 16.2. The molecule has 2 aliphatic heterocycles. The number of piperazine rings is 1. The fourth-order valence-corrected chi connectivity index (χ4v) is 2.07. The smallest absolute Gasteiger partial charge is 0.234 e. The average Bonchev–Trinajstić information content (AvgIpc) is 2.57. The number of amides is 1. The van der Waals surface area contributed by atoms with Gasteiger partial charge < -0.3 is 10.6 Å². The van der Waals surface area contributed by atoms with Crippen LogP contribution in [-0.4, -0.2) is 49.6 Å². The molecular weight excluding hydrogens is 166 g/mol. The summed E-state index contributed by atoms with van der Waals surface area (Å²) in [5.74, 6) is 0.171. The highest BCUT2D eigenvalue weighted by Crippen LogP contribution is 2.07. The molecule has 2 fully saturated rings. The molecule has 74 valence electrons. The van der Waals surface area contributed by atoms with Crippen LogP contribution in [0.25, 0.3) is 0 Å². The quantitative estimate of drug-likeness (QED) is 0.587. The number of nitrogens with zero attached hydrogens (tertiary/aromatic N) is 1. The van der Waals surface area contributed by atoms with E-state index in [4.69, 9.17) is 0 Å². The van der Waals surface area contributed by atoms with E-state index in [2.05, 4.69) is 15.5 Å². The first kappa shape index (κ1) is 8.97. The van der Waals surface area contributed by atoms with E-state index in [-0.39, 0.29) is 5.91 Å². The second-order valence-electron chi connectivity index (χ2n) is 3.88. The van der Waals surface area contributed by atoms with Crippen molar-refractivity contribution in [3.8, 4) is 0 Å². The zero-order chi connectivity index (χ0) is 9.10. The number of carbonyl (C=O) groups is 1. The Hall–Kier alpha value is -0.610. The van der Waals surface area contributed by atoms with E-state index in [1.807, 2.05) is 0 Å². The number of hydrogen-bond acceptors (Lipinski definition) is 3. The van der Waals surface area contributed by atoms with Crippen molar-refractivity contribution in [1.82, 2.24) is 15.5 Å². The summed E-state index contributed by atoms with van der Waals surface area (Å²) in [7, 11) is 0. The Balaban J connectivity index is 1.76. The van der Waals surface area contributed by atoms with E-state index < -0.39 is 0 Å². The summed E-state index contributed by atoms with van der Waals surface area (Å²) in [4.78, 5) is 13.3. The van der Waals surface area contributed by atoms with Gasteiger partial charge in [0, 0.05) is 25.7 Å². The van der Waals surface area contributed by atoms with Gasteiger partial charge in [-0.25, -0.2) is 0 Å². The summed E-state index contributed by atoms with van der Waals surface area (Å²) >= 11 is 0. The average molecular weight is 183 g/mol. The van der Waals surface area contributed by atoms with Gasteiger partial charge in [0.2, 0.25) is 5.91 Å². The number of nitrogens with one attached hydrogen (secondary N) is 2. The van der Waals surface area contributed by atoms with Crippen molar-refractivity contribution < 1.29 is 4.79 Å². The molecule has 2 N–H and O–H groups in total. The molecule has 2 saturated heterocycles. The van der Waals surface area contributed by atoms with E-state index in [9.17, 15) is 4.79 Å². The van der Waals surface area contributed by atoms with Gasteiger partial charge in [-0.2, -0.15) is 0 Å². The predicted octanol–water partition coefficient (Wildman–Crippen LogP) is -0.830. The summed E-state index contributed by atoms with van der Waals surface area (Å²) in [6, 6.07) is 0.617. The van der Waals surface area contributed by atoms with Crippen molar-refractivity contribution in [3.63, 3.8) is 0 Å². The maximum absolute atomic E-state index is 11.1. The molecule has 4 heteroatoms. The largest absolute Gasteiger partial charge is 0.354 e. The lowest BCUT2D eigenvalue weighted by Gasteiger charge is -2.28. The molecule has 0 aromatic carbocycles. The molecule has 0 saturated carbocycles. The van der Waals surface area contributed by atoms with Gasteiger partial charge in [-0.3, -0.25) is 9.69 Å². The van der Waals surface area contributed by atoms with Crippen LogP contribution in [0.5, 0.6) is 0 Å². The zero-order valence-electron chi connectivity index (χ0n) is 7.88. The van der Waals surface area contributed by atoms with Crippen molar-refractivity contribution in [2.24, 2.45) is 0 Å². The molecular formula is C9H17N3O. The summed E-state index contributed by atoms with van der Waals surface area (Å²) in [5, 5.41) is 6.28. The summed E-state index contributed by atoms with van der Waals surface area (Å²) in [6.45, 7) is 4.58. The van der Waals surface area contributed by atoms with E-state index in [0.717, 1.165) is 26.2 Å². The Bertz CT molecular complexity index is 189. The maximum Gasteiger partial charge on any atom is 0.234 e. The minimum atomic E-state index is 0.171. The normalized spacial score (nSPS) is 30.5. The third-order valence-corrected chi connectivity index (χ3v) is 2.76.